The molecule has 2 aromatic heterocycles. The number of hydrogen-bond acceptors (Lipinski definition) is 6. The first kappa shape index (κ1) is 19.5. The van der Waals surface area contributed by atoms with Gasteiger partial charge >= 0.3 is 5.69 Å². The highest BCUT2D eigenvalue weighted by atomic mass is 16.5. The van der Waals surface area contributed by atoms with Crippen LogP contribution in [-0.4, -0.2) is 19.1 Å². The summed E-state index contributed by atoms with van der Waals surface area (Å²) in [6.45, 7) is 0.279. The van der Waals surface area contributed by atoms with Crippen molar-refractivity contribution >= 4 is 17.0 Å². The molecular formula is C24H20N6O2. The number of aromatic nitrogens is 4. The Kier molecular flexibility index (Phi) is 4.89. The molecule has 8 nitrogen and oxygen atoms in total. The summed E-state index contributed by atoms with van der Waals surface area (Å²) in [6, 6.07) is 24.1. The van der Waals surface area contributed by atoms with Gasteiger partial charge in [0.25, 0.3) is 0 Å². The number of nitrogens with two attached hydrogens (primary N) is 2. The minimum absolute atomic E-state index is 0.209. The Morgan fingerprint density at radius 1 is 0.812 bits per heavy atom. The van der Waals surface area contributed by atoms with Crippen LogP contribution in [0.25, 0.3) is 22.5 Å². The van der Waals surface area contributed by atoms with E-state index in [4.69, 9.17) is 16.2 Å². The van der Waals surface area contributed by atoms with Gasteiger partial charge in [0.05, 0.1) is 11.4 Å². The molecule has 8 heteroatoms. The van der Waals surface area contributed by atoms with Gasteiger partial charge in [-0.1, -0.05) is 36.4 Å². The van der Waals surface area contributed by atoms with Gasteiger partial charge in [0.2, 0.25) is 0 Å². The van der Waals surface area contributed by atoms with Gasteiger partial charge in [-0.05, 0) is 48.0 Å². The van der Waals surface area contributed by atoms with E-state index in [0.29, 0.717) is 28.3 Å². The molecule has 0 aliphatic heterocycles. The average molecular weight is 424 g/mol. The molecule has 0 spiro atoms. The first-order valence-corrected chi connectivity index (χ1v) is 10.0. The van der Waals surface area contributed by atoms with Crippen LogP contribution in [0.4, 0.5) is 5.82 Å². The Bertz CT molecular complexity index is 1460. The summed E-state index contributed by atoms with van der Waals surface area (Å²) in [5, 5.41) is 0. The van der Waals surface area contributed by atoms with Crippen molar-refractivity contribution in [2.45, 2.75) is 6.54 Å². The van der Waals surface area contributed by atoms with E-state index < -0.39 is 0 Å². The van der Waals surface area contributed by atoms with Crippen molar-refractivity contribution in [3.05, 3.63) is 101 Å². The zero-order chi connectivity index (χ0) is 22.1. The number of para-hydroxylation sites is 2. The van der Waals surface area contributed by atoms with Crippen LogP contribution in [0.2, 0.25) is 0 Å². The first-order chi connectivity index (χ1) is 15.7. The highest BCUT2D eigenvalue weighted by Crippen LogP contribution is 2.26. The molecule has 5 rings (SSSR count). The van der Waals surface area contributed by atoms with Gasteiger partial charge < -0.3 is 16.2 Å². The van der Waals surface area contributed by atoms with Crippen molar-refractivity contribution in [1.82, 2.24) is 19.1 Å². The number of imidazole rings is 1. The van der Waals surface area contributed by atoms with E-state index in [0.717, 1.165) is 11.3 Å². The topological polar surface area (TPSA) is 114 Å². The molecule has 0 bridgehead atoms. The lowest BCUT2D eigenvalue weighted by atomic mass is 10.2. The Balaban J connectivity index is 1.67. The first-order valence-electron chi connectivity index (χ1n) is 10.0. The van der Waals surface area contributed by atoms with Gasteiger partial charge in [-0.25, -0.2) is 19.3 Å². The molecule has 0 fully saturated rings. The molecule has 0 saturated heterocycles. The smallest absolute Gasteiger partial charge is 0.339 e. The summed E-state index contributed by atoms with van der Waals surface area (Å²) in [5.41, 5.74) is 14.7. The molecule has 2 heterocycles. The normalized spacial score (nSPS) is 11.0. The van der Waals surface area contributed by atoms with Crippen LogP contribution in [0.1, 0.15) is 5.56 Å². The van der Waals surface area contributed by atoms with E-state index in [1.807, 2.05) is 54.6 Å². The second-order valence-corrected chi connectivity index (χ2v) is 7.13. The van der Waals surface area contributed by atoms with Crippen molar-refractivity contribution in [1.29, 1.82) is 0 Å². The van der Waals surface area contributed by atoms with Crippen molar-refractivity contribution in [3.63, 3.8) is 0 Å². The van der Waals surface area contributed by atoms with Crippen LogP contribution in [0.5, 0.6) is 11.5 Å². The zero-order valence-electron chi connectivity index (χ0n) is 17.1. The van der Waals surface area contributed by atoms with Crippen LogP contribution in [-0.2, 0) is 6.54 Å². The lowest BCUT2D eigenvalue weighted by Crippen LogP contribution is -2.23. The SMILES string of the molecule is NCc1ccccc1-n1c(=O)n(-c2ccc(Oc3ccccc3)cc2)c2c(N)ncnc21. The largest absolute Gasteiger partial charge is 0.457 e. The third-order valence-electron chi connectivity index (χ3n) is 5.18. The van der Waals surface area contributed by atoms with Gasteiger partial charge in [-0.3, -0.25) is 4.57 Å². The number of benzene rings is 3. The Hall–Kier alpha value is -4.43. The summed E-state index contributed by atoms with van der Waals surface area (Å²) in [7, 11) is 0. The van der Waals surface area contributed by atoms with Crippen LogP contribution in [0.3, 0.4) is 0 Å². The Labute approximate surface area is 183 Å². The molecule has 3 aromatic carbocycles. The van der Waals surface area contributed by atoms with Gasteiger partial charge in [-0.15, -0.1) is 0 Å². The molecule has 4 N–H and O–H groups in total. The number of ether oxygens (including phenoxy) is 1. The van der Waals surface area contributed by atoms with E-state index in [1.54, 1.807) is 24.3 Å². The van der Waals surface area contributed by atoms with Crippen LogP contribution < -0.4 is 21.9 Å². The maximum Gasteiger partial charge on any atom is 0.339 e. The van der Waals surface area contributed by atoms with Gasteiger partial charge in [0.15, 0.2) is 11.5 Å². The van der Waals surface area contributed by atoms with E-state index in [-0.39, 0.29) is 18.1 Å². The molecule has 0 aliphatic rings. The Morgan fingerprint density at radius 3 is 2.25 bits per heavy atom. The maximum atomic E-state index is 13.6. The van der Waals surface area contributed by atoms with E-state index in [1.165, 1.54) is 15.5 Å². The lowest BCUT2D eigenvalue weighted by Gasteiger charge is -2.08. The van der Waals surface area contributed by atoms with E-state index in [9.17, 15) is 4.79 Å². The summed E-state index contributed by atoms with van der Waals surface area (Å²) in [6.07, 6.45) is 1.35. The van der Waals surface area contributed by atoms with Crippen LogP contribution >= 0.6 is 0 Å². The van der Waals surface area contributed by atoms with E-state index in [2.05, 4.69) is 9.97 Å². The molecule has 158 valence electrons. The van der Waals surface area contributed by atoms with Crippen molar-refractivity contribution < 1.29 is 4.74 Å². The summed E-state index contributed by atoms with van der Waals surface area (Å²) < 4.78 is 8.88. The minimum Gasteiger partial charge on any atom is -0.457 e. The Morgan fingerprint density at radius 2 is 1.50 bits per heavy atom. The number of fused-ring (bicyclic) bond motifs is 1. The molecule has 5 aromatic rings. The maximum absolute atomic E-state index is 13.6. The molecule has 0 atom stereocenters. The predicted molar refractivity (Wildman–Crippen MR) is 123 cm³/mol. The molecular weight excluding hydrogens is 404 g/mol. The minimum atomic E-state index is -0.315. The second-order valence-electron chi connectivity index (χ2n) is 7.13. The molecule has 32 heavy (non-hydrogen) atoms. The fourth-order valence-electron chi connectivity index (χ4n) is 3.69. The fraction of sp³-hybridized carbons (Fsp3) is 0.0417. The van der Waals surface area contributed by atoms with E-state index >= 15 is 0 Å². The summed E-state index contributed by atoms with van der Waals surface area (Å²) in [5.74, 6) is 1.58. The standard InChI is InChI=1S/C24H20N6O2/c25-14-16-6-4-5-9-20(16)30-23-21(22(26)27-15-28-23)29(24(30)31)17-10-12-19(13-11-17)32-18-7-2-1-3-8-18/h1-13,15H,14,25H2,(H2,26,27,28). The molecule has 0 radical (unpaired) electrons. The lowest BCUT2D eigenvalue weighted by molar-refractivity contribution is 0.482. The van der Waals surface area contributed by atoms with Gasteiger partial charge in [0.1, 0.15) is 23.3 Å². The number of nitrogens with zero attached hydrogens (tertiary/aromatic N) is 4. The fourth-order valence-corrected chi connectivity index (χ4v) is 3.69. The predicted octanol–water partition coefficient (Wildman–Crippen LogP) is 3.40. The monoisotopic (exact) mass is 424 g/mol. The number of hydrogen-bond donors (Lipinski definition) is 2. The number of anilines is 1. The zero-order valence-corrected chi connectivity index (χ0v) is 17.1. The summed E-state index contributed by atoms with van der Waals surface area (Å²) in [4.78, 5) is 22.1. The molecule has 0 amide bonds. The van der Waals surface area contributed by atoms with Gasteiger partial charge in [-0.2, -0.15) is 0 Å². The number of rotatable bonds is 5. The van der Waals surface area contributed by atoms with Crippen LogP contribution in [0, 0.1) is 0 Å². The highest BCUT2D eigenvalue weighted by molar-refractivity contribution is 5.85. The second kappa shape index (κ2) is 8.01. The average Bonchev–Trinajstić information content (AvgIpc) is 3.13. The third kappa shape index (κ3) is 3.28. The summed E-state index contributed by atoms with van der Waals surface area (Å²) >= 11 is 0. The highest BCUT2D eigenvalue weighted by Gasteiger charge is 2.21. The molecule has 0 aliphatic carbocycles. The van der Waals surface area contributed by atoms with Crippen LogP contribution in [0.15, 0.2) is 90.0 Å². The third-order valence-corrected chi connectivity index (χ3v) is 5.18. The molecule has 0 saturated carbocycles. The molecule has 0 unspecified atom stereocenters. The van der Waals surface area contributed by atoms with Gasteiger partial charge in [0, 0.05) is 6.54 Å². The van der Waals surface area contributed by atoms with Crippen molar-refractivity contribution in [2.75, 3.05) is 5.73 Å². The number of nitrogen functional groups attached to an aromatic ring is 1. The van der Waals surface area contributed by atoms with Crippen molar-refractivity contribution in [2.24, 2.45) is 5.73 Å². The van der Waals surface area contributed by atoms with Crippen molar-refractivity contribution in [3.8, 4) is 22.9 Å². The quantitative estimate of drug-likeness (QED) is 0.447.